The summed E-state index contributed by atoms with van der Waals surface area (Å²) < 4.78 is 0. The fourth-order valence-electron chi connectivity index (χ4n) is 1.38. The second-order valence-corrected chi connectivity index (χ2v) is 3.48. The van der Waals surface area contributed by atoms with Crippen LogP contribution in [0.5, 0.6) is 0 Å². The Morgan fingerprint density at radius 1 is 1.54 bits per heavy atom. The van der Waals surface area contributed by atoms with Gasteiger partial charge in [0.2, 0.25) is 0 Å². The van der Waals surface area contributed by atoms with Crippen LogP contribution in [-0.4, -0.2) is 53.6 Å². The van der Waals surface area contributed by atoms with Crippen molar-refractivity contribution in [1.82, 2.24) is 9.80 Å². The molecule has 0 saturated carbocycles. The highest BCUT2D eigenvalue weighted by atomic mass is 16.4. The lowest BCUT2D eigenvalue weighted by atomic mass is 10.2. The third-order valence-corrected chi connectivity index (χ3v) is 2.42. The lowest BCUT2D eigenvalue weighted by molar-refractivity contribution is -0.131. The van der Waals surface area contributed by atoms with Crippen molar-refractivity contribution < 1.29 is 9.90 Å². The Morgan fingerprint density at radius 2 is 2.23 bits per heavy atom. The van der Waals surface area contributed by atoms with Crippen LogP contribution in [0.1, 0.15) is 6.92 Å². The predicted octanol–water partition coefficient (Wildman–Crippen LogP) is 0.221. The summed E-state index contributed by atoms with van der Waals surface area (Å²) >= 11 is 0. The molecule has 74 valence electrons. The minimum absolute atomic E-state index is 0.493. The number of carboxylic acids is 1. The zero-order chi connectivity index (χ0) is 9.84. The number of hydrogen-bond acceptors (Lipinski definition) is 3. The highest BCUT2D eigenvalue weighted by molar-refractivity contribution is 5.79. The van der Waals surface area contributed by atoms with Crippen LogP contribution in [0.3, 0.4) is 0 Å². The van der Waals surface area contributed by atoms with E-state index in [1.165, 1.54) is 6.08 Å². The molecule has 1 atom stereocenters. The first-order valence-electron chi connectivity index (χ1n) is 4.45. The highest BCUT2D eigenvalue weighted by Gasteiger charge is 2.17. The molecular formula is C9H16N2O2. The van der Waals surface area contributed by atoms with Gasteiger partial charge < -0.3 is 14.9 Å². The van der Waals surface area contributed by atoms with Crippen molar-refractivity contribution in [2.75, 3.05) is 26.7 Å². The smallest absolute Gasteiger partial charge is 0.329 e. The Hall–Kier alpha value is -1.03. The monoisotopic (exact) mass is 184 g/mol. The van der Waals surface area contributed by atoms with Crippen LogP contribution in [0.15, 0.2) is 12.3 Å². The van der Waals surface area contributed by atoms with Crippen LogP contribution in [0.2, 0.25) is 0 Å². The van der Waals surface area contributed by atoms with Crippen LogP contribution >= 0.6 is 0 Å². The van der Waals surface area contributed by atoms with Gasteiger partial charge >= 0.3 is 5.97 Å². The topological polar surface area (TPSA) is 43.8 Å². The second kappa shape index (κ2) is 4.28. The van der Waals surface area contributed by atoms with E-state index in [1.54, 1.807) is 6.20 Å². The molecule has 4 heteroatoms. The molecule has 1 aliphatic heterocycles. The summed E-state index contributed by atoms with van der Waals surface area (Å²) in [5.74, 6) is -0.883. The van der Waals surface area contributed by atoms with E-state index in [9.17, 15) is 4.79 Å². The molecule has 0 aromatic carbocycles. The first-order valence-corrected chi connectivity index (χ1v) is 4.45. The molecule has 1 fully saturated rings. The van der Waals surface area contributed by atoms with E-state index in [-0.39, 0.29) is 0 Å². The fourth-order valence-corrected chi connectivity index (χ4v) is 1.38. The normalized spacial score (nSPS) is 25.4. The summed E-state index contributed by atoms with van der Waals surface area (Å²) in [5, 5.41) is 8.44. The van der Waals surface area contributed by atoms with Gasteiger partial charge in [0, 0.05) is 38.0 Å². The van der Waals surface area contributed by atoms with Gasteiger partial charge in [-0.3, -0.25) is 0 Å². The number of piperazine rings is 1. The van der Waals surface area contributed by atoms with Crippen molar-refractivity contribution in [3.05, 3.63) is 12.3 Å². The van der Waals surface area contributed by atoms with Gasteiger partial charge in [-0.1, -0.05) is 0 Å². The predicted molar refractivity (Wildman–Crippen MR) is 50.4 cm³/mol. The molecule has 1 saturated heterocycles. The summed E-state index contributed by atoms with van der Waals surface area (Å²) in [6.07, 6.45) is 2.85. The van der Waals surface area contributed by atoms with Gasteiger partial charge in [0.25, 0.3) is 0 Å². The zero-order valence-corrected chi connectivity index (χ0v) is 8.10. The summed E-state index contributed by atoms with van der Waals surface area (Å²) in [7, 11) is 2.09. The largest absolute Gasteiger partial charge is 0.478 e. The van der Waals surface area contributed by atoms with Crippen molar-refractivity contribution in [1.29, 1.82) is 0 Å². The van der Waals surface area contributed by atoms with Crippen molar-refractivity contribution in [3.8, 4) is 0 Å². The van der Waals surface area contributed by atoms with Gasteiger partial charge in [-0.25, -0.2) is 4.79 Å². The minimum atomic E-state index is -0.883. The van der Waals surface area contributed by atoms with E-state index in [4.69, 9.17) is 5.11 Å². The third kappa shape index (κ3) is 3.06. The van der Waals surface area contributed by atoms with Crippen molar-refractivity contribution >= 4 is 5.97 Å². The summed E-state index contributed by atoms with van der Waals surface area (Å²) in [4.78, 5) is 14.6. The number of likely N-dealkylation sites (N-methyl/N-ethyl adjacent to an activating group) is 1. The molecule has 0 aliphatic carbocycles. The molecule has 0 aromatic heterocycles. The summed E-state index contributed by atoms with van der Waals surface area (Å²) in [6, 6.07) is 0.493. The van der Waals surface area contributed by atoms with Crippen molar-refractivity contribution in [3.63, 3.8) is 0 Å². The lowest BCUT2D eigenvalue weighted by Gasteiger charge is -2.36. The van der Waals surface area contributed by atoms with E-state index in [1.807, 2.05) is 4.90 Å². The lowest BCUT2D eigenvalue weighted by Crippen LogP contribution is -2.47. The molecule has 1 aliphatic rings. The van der Waals surface area contributed by atoms with Crippen LogP contribution < -0.4 is 0 Å². The summed E-state index contributed by atoms with van der Waals surface area (Å²) in [6.45, 7) is 4.94. The number of nitrogens with zero attached hydrogens (tertiary/aromatic N) is 2. The molecular weight excluding hydrogens is 168 g/mol. The van der Waals surface area contributed by atoms with Gasteiger partial charge in [-0.2, -0.15) is 0 Å². The molecule has 1 unspecified atom stereocenters. The van der Waals surface area contributed by atoms with E-state index in [2.05, 4.69) is 18.9 Å². The van der Waals surface area contributed by atoms with Crippen LogP contribution in [0.4, 0.5) is 0 Å². The average molecular weight is 184 g/mol. The Morgan fingerprint density at radius 3 is 2.77 bits per heavy atom. The van der Waals surface area contributed by atoms with Crippen LogP contribution in [-0.2, 0) is 4.79 Å². The maximum atomic E-state index is 10.3. The van der Waals surface area contributed by atoms with E-state index in [0.29, 0.717) is 6.04 Å². The van der Waals surface area contributed by atoms with Gasteiger partial charge in [-0.05, 0) is 14.0 Å². The molecule has 0 bridgehead atoms. The number of carboxylic acid groups (broad SMARTS) is 1. The van der Waals surface area contributed by atoms with Crippen molar-refractivity contribution in [2.45, 2.75) is 13.0 Å². The number of aliphatic carboxylic acids is 1. The zero-order valence-electron chi connectivity index (χ0n) is 8.10. The Bertz CT molecular complexity index is 216. The maximum Gasteiger partial charge on any atom is 0.329 e. The van der Waals surface area contributed by atoms with Crippen LogP contribution in [0.25, 0.3) is 0 Å². The molecule has 4 nitrogen and oxygen atoms in total. The van der Waals surface area contributed by atoms with E-state index in [0.717, 1.165) is 19.6 Å². The molecule has 1 rings (SSSR count). The molecule has 0 amide bonds. The average Bonchev–Trinajstić information content (AvgIpc) is 2.07. The Labute approximate surface area is 78.4 Å². The fraction of sp³-hybridized carbons (Fsp3) is 0.667. The SMILES string of the molecule is CC1CN(/C=C/C(=O)O)CCN1C. The third-order valence-electron chi connectivity index (χ3n) is 2.42. The summed E-state index contributed by atoms with van der Waals surface area (Å²) in [5.41, 5.74) is 0. The Balaban J connectivity index is 2.42. The van der Waals surface area contributed by atoms with E-state index >= 15 is 0 Å². The molecule has 0 spiro atoms. The molecule has 1 N–H and O–H groups in total. The van der Waals surface area contributed by atoms with Gasteiger partial charge in [-0.15, -0.1) is 0 Å². The quantitative estimate of drug-likeness (QED) is 0.623. The van der Waals surface area contributed by atoms with Crippen LogP contribution in [0, 0.1) is 0 Å². The van der Waals surface area contributed by atoms with Gasteiger partial charge in [0.1, 0.15) is 0 Å². The second-order valence-electron chi connectivity index (χ2n) is 3.48. The highest BCUT2D eigenvalue weighted by Crippen LogP contribution is 2.06. The molecule has 0 aromatic rings. The van der Waals surface area contributed by atoms with E-state index < -0.39 is 5.97 Å². The number of hydrogen-bond donors (Lipinski definition) is 1. The number of carbonyl (C=O) groups is 1. The standard InChI is InChI=1S/C9H16N2O2/c1-8-7-11(4-3-9(12)13)6-5-10(8)2/h3-4,8H,5-7H2,1-2H3,(H,12,13)/b4-3+. The Kier molecular flexibility index (Phi) is 3.31. The number of rotatable bonds is 2. The van der Waals surface area contributed by atoms with Gasteiger partial charge in [0.15, 0.2) is 0 Å². The molecule has 13 heavy (non-hydrogen) atoms. The van der Waals surface area contributed by atoms with Gasteiger partial charge in [0.05, 0.1) is 0 Å². The van der Waals surface area contributed by atoms with Crippen molar-refractivity contribution in [2.24, 2.45) is 0 Å². The molecule has 0 radical (unpaired) electrons. The first-order chi connectivity index (χ1) is 6.09. The maximum absolute atomic E-state index is 10.3. The first kappa shape index (κ1) is 10.1. The molecule has 1 heterocycles. The minimum Gasteiger partial charge on any atom is -0.478 e.